The number of amides is 5. The molecule has 0 aliphatic heterocycles. The molecule has 2 bridgehead atoms. The van der Waals surface area contributed by atoms with Crippen molar-refractivity contribution in [2.45, 2.75) is 148 Å². The first kappa shape index (κ1) is 45.9. The summed E-state index contributed by atoms with van der Waals surface area (Å²) in [5, 5.41) is 11.2. The van der Waals surface area contributed by atoms with Crippen LogP contribution in [0.5, 0.6) is 0 Å². The highest BCUT2D eigenvalue weighted by atomic mass is 16.6. The van der Waals surface area contributed by atoms with Gasteiger partial charge in [0.15, 0.2) is 0 Å². The second-order valence-electron chi connectivity index (χ2n) is 17.6. The van der Waals surface area contributed by atoms with Crippen molar-refractivity contribution in [3.8, 4) is 0 Å². The van der Waals surface area contributed by atoms with Gasteiger partial charge in [0.2, 0.25) is 11.8 Å². The molecule has 13 nitrogen and oxygen atoms in total. The van der Waals surface area contributed by atoms with Gasteiger partial charge >= 0.3 is 18.3 Å². The van der Waals surface area contributed by atoms with E-state index in [1.165, 1.54) is 5.56 Å². The van der Waals surface area contributed by atoms with Gasteiger partial charge < -0.3 is 40.4 Å². The summed E-state index contributed by atoms with van der Waals surface area (Å²) in [5.74, 6) is 0.717. The first-order valence-electron chi connectivity index (χ1n) is 21.1. The number of unbranched alkanes of at least 4 members (excludes halogenated alkanes) is 2. The first-order valence-corrected chi connectivity index (χ1v) is 21.1. The van der Waals surface area contributed by atoms with E-state index in [1.807, 2.05) is 48.2 Å². The second-order valence-corrected chi connectivity index (χ2v) is 17.6. The van der Waals surface area contributed by atoms with Gasteiger partial charge in [-0.25, -0.2) is 14.4 Å². The van der Waals surface area contributed by atoms with Crippen molar-refractivity contribution in [2.24, 2.45) is 11.8 Å². The van der Waals surface area contributed by atoms with Crippen molar-refractivity contribution < 1.29 is 38.2 Å². The van der Waals surface area contributed by atoms with Crippen LogP contribution in [0.1, 0.15) is 123 Å². The zero-order valence-electron chi connectivity index (χ0n) is 35.6. The van der Waals surface area contributed by atoms with Gasteiger partial charge in [-0.15, -0.1) is 0 Å². The van der Waals surface area contributed by atoms with Gasteiger partial charge in [-0.3, -0.25) is 9.59 Å². The molecule has 2 aliphatic rings. The summed E-state index contributed by atoms with van der Waals surface area (Å²) in [5.41, 5.74) is 0.665. The number of likely N-dealkylation sites (N-methyl/N-ethyl adjacent to an activating group) is 1. The summed E-state index contributed by atoms with van der Waals surface area (Å²) in [6.45, 7) is 14.0. The number of carbonyl (C=O) groups is 5. The minimum Gasteiger partial charge on any atom is -0.445 e. The Morgan fingerprint density at radius 1 is 0.690 bits per heavy atom. The number of carbonyl (C=O) groups excluding carboxylic acids is 5. The third-order valence-electron chi connectivity index (χ3n) is 10.7. The molecular formula is C45H67N5O8. The van der Waals surface area contributed by atoms with Crippen LogP contribution in [0.2, 0.25) is 0 Å². The highest BCUT2D eigenvalue weighted by Gasteiger charge is 2.51. The van der Waals surface area contributed by atoms with E-state index in [0.717, 1.165) is 24.8 Å². The van der Waals surface area contributed by atoms with Crippen molar-refractivity contribution in [1.29, 1.82) is 0 Å². The fourth-order valence-corrected chi connectivity index (χ4v) is 8.24. The van der Waals surface area contributed by atoms with Crippen LogP contribution in [0.15, 0.2) is 60.7 Å². The molecule has 58 heavy (non-hydrogen) atoms. The van der Waals surface area contributed by atoms with Crippen molar-refractivity contribution in [3.63, 3.8) is 0 Å². The van der Waals surface area contributed by atoms with E-state index in [1.54, 1.807) is 41.5 Å². The van der Waals surface area contributed by atoms with E-state index in [9.17, 15) is 24.0 Å². The van der Waals surface area contributed by atoms with E-state index in [4.69, 9.17) is 14.2 Å². The Morgan fingerprint density at radius 3 is 1.81 bits per heavy atom. The van der Waals surface area contributed by atoms with Crippen LogP contribution < -0.4 is 21.3 Å². The molecule has 2 aromatic rings. The van der Waals surface area contributed by atoms with Gasteiger partial charge in [0.25, 0.3) is 0 Å². The summed E-state index contributed by atoms with van der Waals surface area (Å²) < 4.78 is 16.3. The number of hydrogen-bond donors (Lipinski definition) is 4. The number of hydrogen-bond acceptors (Lipinski definition) is 8. The lowest BCUT2D eigenvalue weighted by Gasteiger charge is -2.41. The standard InChI is InChI=1S/C45H67N5O8/c1-8-50(38-34-26-25-33(29-34)37(38)32-21-13-10-14-22-32)40(52)36(49-43(55)58-45(5,6)7)24-16-17-27-46-39(51)35(48-42(54)57-44(2,3)4)23-15-18-28-47-41(53)56-30-31-19-11-9-12-20-31/h9-14,19-22,33-38H,8,15-18,23-30H2,1-7H3,(H,46,51)(H,47,53)(H,48,54)(H,49,55)/t33?,34?,35-,36-,37?,38?/m0/s1. The molecule has 2 aromatic carbocycles. The van der Waals surface area contributed by atoms with Crippen LogP contribution in [-0.2, 0) is 30.4 Å². The normalized spacial score (nSPS) is 19.6. The molecule has 2 aliphatic carbocycles. The number of alkyl carbamates (subject to hydrolysis) is 3. The molecule has 6 atom stereocenters. The Bertz CT molecular complexity index is 1630. The second kappa shape index (κ2) is 21.8. The molecule has 13 heteroatoms. The smallest absolute Gasteiger partial charge is 0.408 e. The van der Waals surface area contributed by atoms with Gasteiger partial charge in [-0.2, -0.15) is 0 Å². The van der Waals surface area contributed by atoms with Crippen LogP contribution >= 0.6 is 0 Å². The zero-order valence-corrected chi connectivity index (χ0v) is 35.6. The molecule has 0 aromatic heterocycles. The molecule has 0 heterocycles. The molecule has 0 spiro atoms. The zero-order chi connectivity index (χ0) is 42.3. The fourth-order valence-electron chi connectivity index (χ4n) is 8.24. The number of nitrogens with one attached hydrogen (secondary N) is 4. The molecular weight excluding hydrogens is 739 g/mol. The van der Waals surface area contributed by atoms with Gasteiger partial charge in [0.1, 0.15) is 29.9 Å². The molecule has 320 valence electrons. The third kappa shape index (κ3) is 14.8. The average molecular weight is 806 g/mol. The predicted octanol–water partition coefficient (Wildman–Crippen LogP) is 7.59. The van der Waals surface area contributed by atoms with Crippen LogP contribution in [0.4, 0.5) is 14.4 Å². The average Bonchev–Trinajstić information content (AvgIpc) is 3.78. The minimum atomic E-state index is -0.861. The third-order valence-corrected chi connectivity index (χ3v) is 10.7. The molecule has 2 saturated carbocycles. The van der Waals surface area contributed by atoms with Gasteiger partial charge in [0.05, 0.1) is 0 Å². The Balaban J connectivity index is 1.32. The molecule has 4 unspecified atom stereocenters. The summed E-state index contributed by atoms with van der Waals surface area (Å²) in [6.07, 6.45) is 4.34. The summed E-state index contributed by atoms with van der Waals surface area (Å²) in [4.78, 5) is 67.7. The number of fused-ring (bicyclic) bond motifs is 2. The fraction of sp³-hybridized carbons (Fsp3) is 0.622. The van der Waals surface area contributed by atoms with Gasteiger partial charge in [0, 0.05) is 31.6 Å². The van der Waals surface area contributed by atoms with Crippen LogP contribution in [0, 0.1) is 11.8 Å². The topological polar surface area (TPSA) is 164 Å². The summed E-state index contributed by atoms with van der Waals surface area (Å²) in [6, 6.07) is 18.3. The highest BCUT2D eigenvalue weighted by molar-refractivity contribution is 5.86. The van der Waals surface area contributed by atoms with Crippen LogP contribution in [0.25, 0.3) is 0 Å². The number of nitrogens with zero attached hydrogens (tertiary/aromatic N) is 1. The van der Waals surface area contributed by atoms with E-state index < -0.39 is 41.6 Å². The minimum absolute atomic E-state index is 0.0551. The first-order chi connectivity index (χ1) is 27.5. The number of benzene rings is 2. The molecule has 0 saturated heterocycles. The Morgan fingerprint density at radius 2 is 1.22 bits per heavy atom. The lowest BCUT2D eigenvalue weighted by atomic mass is 9.78. The molecule has 2 fully saturated rings. The lowest BCUT2D eigenvalue weighted by Crippen LogP contribution is -2.55. The largest absolute Gasteiger partial charge is 0.445 e. The van der Waals surface area contributed by atoms with Crippen LogP contribution in [-0.4, -0.2) is 84.0 Å². The number of rotatable bonds is 19. The van der Waals surface area contributed by atoms with E-state index in [0.29, 0.717) is 70.0 Å². The quantitative estimate of drug-likeness (QED) is 0.0834. The Labute approximate surface area is 345 Å². The van der Waals surface area contributed by atoms with Crippen molar-refractivity contribution in [1.82, 2.24) is 26.2 Å². The van der Waals surface area contributed by atoms with Crippen LogP contribution in [0.3, 0.4) is 0 Å². The molecule has 4 N–H and O–H groups in total. The highest BCUT2D eigenvalue weighted by Crippen LogP contribution is 2.55. The van der Waals surface area contributed by atoms with Gasteiger partial charge in [-0.05, 0) is 129 Å². The van der Waals surface area contributed by atoms with E-state index in [2.05, 4.69) is 45.5 Å². The van der Waals surface area contributed by atoms with E-state index in [-0.39, 0.29) is 30.4 Å². The van der Waals surface area contributed by atoms with Crippen molar-refractivity contribution >= 4 is 30.1 Å². The van der Waals surface area contributed by atoms with Crippen molar-refractivity contribution in [3.05, 3.63) is 71.8 Å². The molecule has 5 amide bonds. The molecule has 0 radical (unpaired) electrons. The Hall–Kier alpha value is -4.81. The molecule has 4 rings (SSSR count). The van der Waals surface area contributed by atoms with E-state index >= 15 is 0 Å². The number of ether oxygens (including phenoxy) is 3. The maximum absolute atomic E-state index is 14.5. The lowest BCUT2D eigenvalue weighted by molar-refractivity contribution is -0.137. The summed E-state index contributed by atoms with van der Waals surface area (Å²) in [7, 11) is 0. The Kier molecular flexibility index (Phi) is 17.3. The predicted molar refractivity (Wildman–Crippen MR) is 223 cm³/mol. The monoisotopic (exact) mass is 805 g/mol. The SMILES string of the molecule is CCN(C(=O)[C@H](CCCCNC(=O)[C@H](CCCCNC(=O)OCc1ccccc1)NC(=O)OC(C)(C)C)NC(=O)OC(C)(C)C)C1C2CCC(C2)C1c1ccccc1. The van der Waals surface area contributed by atoms with Gasteiger partial charge in [-0.1, -0.05) is 60.7 Å². The maximum atomic E-state index is 14.5. The summed E-state index contributed by atoms with van der Waals surface area (Å²) >= 11 is 0. The maximum Gasteiger partial charge on any atom is 0.408 e. The van der Waals surface area contributed by atoms with Crippen molar-refractivity contribution in [2.75, 3.05) is 19.6 Å².